The fourth-order valence-electron chi connectivity index (χ4n) is 3.35. The quantitative estimate of drug-likeness (QED) is 0.472. The lowest BCUT2D eigenvalue weighted by molar-refractivity contribution is -0.140. The van der Waals surface area contributed by atoms with Crippen LogP contribution in [0.15, 0.2) is 54.4 Å². The van der Waals surface area contributed by atoms with Gasteiger partial charge in [0.25, 0.3) is 11.7 Å². The first-order valence-corrected chi connectivity index (χ1v) is 8.99. The number of aliphatic hydroxyl groups is 1. The number of ketones is 1. The molecule has 6 nitrogen and oxygen atoms in total. The Morgan fingerprint density at radius 3 is 2.50 bits per heavy atom. The molecule has 2 aromatic rings. The first kappa shape index (κ1) is 19.7. The number of Topliss-reactive ketones (excluding diaryl/α,β-unsaturated/α-hetero) is 1. The summed E-state index contributed by atoms with van der Waals surface area (Å²) in [6.45, 7) is 0.978. The summed E-state index contributed by atoms with van der Waals surface area (Å²) in [6, 6.07) is 8.09. The van der Waals surface area contributed by atoms with Crippen LogP contribution in [-0.4, -0.2) is 58.8 Å². The van der Waals surface area contributed by atoms with E-state index >= 15 is 0 Å². The summed E-state index contributed by atoms with van der Waals surface area (Å²) in [5.41, 5.74) is 0.427. The summed E-state index contributed by atoms with van der Waals surface area (Å²) in [4.78, 5) is 32.7. The molecule has 3 rings (SSSR count). The fraction of sp³-hybridized carbons (Fsp3) is 0.286. The van der Waals surface area contributed by atoms with E-state index in [1.54, 1.807) is 12.1 Å². The Hall–Kier alpha value is -3.06. The van der Waals surface area contributed by atoms with Gasteiger partial charge in [0.1, 0.15) is 11.6 Å². The maximum absolute atomic E-state index is 14.6. The van der Waals surface area contributed by atoms with Gasteiger partial charge in [0.2, 0.25) is 0 Å². The van der Waals surface area contributed by atoms with Crippen molar-refractivity contribution >= 4 is 17.4 Å². The van der Waals surface area contributed by atoms with Crippen molar-refractivity contribution in [1.82, 2.24) is 14.8 Å². The third kappa shape index (κ3) is 3.80. The number of carbonyl (C=O) groups is 2. The molecule has 0 radical (unpaired) electrons. The molecule has 1 N–H and O–H groups in total. The highest BCUT2D eigenvalue weighted by atomic mass is 19.1. The largest absolute Gasteiger partial charge is 0.507 e. The third-order valence-electron chi connectivity index (χ3n) is 4.70. The predicted molar refractivity (Wildman–Crippen MR) is 103 cm³/mol. The Kier molecular flexibility index (Phi) is 5.84. The molecule has 1 aliphatic rings. The van der Waals surface area contributed by atoms with E-state index in [2.05, 4.69) is 4.98 Å². The average Bonchev–Trinajstić information content (AvgIpc) is 2.93. The van der Waals surface area contributed by atoms with E-state index in [1.807, 2.05) is 19.0 Å². The zero-order valence-corrected chi connectivity index (χ0v) is 15.8. The van der Waals surface area contributed by atoms with Crippen molar-refractivity contribution in [1.29, 1.82) is 0 Å². The molecule has 1 atom stereocenters. The number of aromatic nitrogens is 1. The second kappa shape index (κ2) is 8.31. The number of hydrogen-bond donors (Lipinski definition) is 1. The number of likely N-dealkylation sites (tertiary alicyclic amines) is 1. The van der Waals surface area contributed by atoms with Crippen LogP contribution in [0.25, 0.3) is 5.76 Å². The van der Waals surface area contributed by atoms with Gasteiger partial charge in [-0.25, -0.2) is 4.39 Å². The van der Waals surface area contributed by atoms with Gasteiger partial charge in [0, 0.05) is 30.1 Å². The SMILES string of the molecule is CN(C)CCCN1C(=O)C(=O)/C(=C(/O)c2ccncc2)C1c1ccccc1F. The number of carbonyl (C=O) groups excluding carboxylic acids is 2. The molecule has 0 spiro atoms. The van der Waals surface area contributed by atoms with Gasteiger partial charge < -0.3 is 14.9 Å². The fourth-order valence-corrected chi connectivity index (χ4v) is 3.35. The summed E-state index contributed by atoms with van der Waals surface area (Å²) >= 11 is 0. The molecule has 0 bridgehead atoms. The number of rotatable bonds is 6. The van der Waals surface area contributed by atoms with Gasteiger partial charge in [-0.1, -0.05) is 18.2 Å². The van der Waals surface area contributed by atoms with E-state index in [0.29, 0.717) is 18.5 Å². The lowest BCUT2D eigenvalue weighted by atomic mass is 9.95. The number of hydrogen-bond acceptors (Lipinski definition) is 5. The van der Waals surface area contributed by atoms with Gasteiger partial charge in [0.05, 0.1) is 11.6 Å². The number of nitrogens with zero attached hydrogens (tertiary/aromatic N) is 3. The lowest BCUT2D eigenvalue weighted by Gasteiger charge is -2.26. The minimum Gasteiger partial charge on any atom is -0.507 e. The van der Waals surface area contributed by atoms with Crippen molar-refractivity contribution in [3.63, 3.8) is 0 Å². The van der Waals surface area contributed by atoms with E-state index in [0.717, 1.165) is 0 Å². The number of amides is 1. The van der Waals surface area contributed by atoms with E-state index in [4.69, 9.17) is 0 Å². The summed E-state index contributed by atoms with van der Waals surface area (Å²) in [6.07, 6.45) is 3.56. The molecule has 146 valence electrons. The minimum absolute atomic E-state index is 0.105. The van der Waals surface area contributed by atoms with Gasteiger partial charge in [-0.3, -0.25) is 14.6 Å². The maximum Gasteiger partial charge on any atom is 0.295 e. The van der Waals surface area contributed by atoms with Crippen LogP contribution in [0, 0.1) is 5.82 Å². The third-order valence-corrected chi connectivity index (χ3v) is 4.70. The van der Waals surface area contributed by atoms with Crippen LogP contribution in [0.4, 0.5) is 4.39 Å². The van der Waals surface area contributed by atoms with Crippen molar-refractivity contribution in [3.05, 3.63) is 71.3 Å². The Morgan fingerprint density at radius 2 is 1.86 bits per heavy atom. The molecule has 1 saturated heterocycles. The van der Waals surface area contributed by atoms with Crippen LogP contribution >= 0.6 is 0 Å². The van der Waals surface area contributed by atoms with Gasteiger partial charge in [-0.2, -0.15) is 0 Å². The Labute approximate surface area is 162 Å². The maximum atomic E-state index is 14.6. The van der Waals surface area contributed by atoms with E-state index in [-0.39, 0.29) is 23.4 Å². The highest BCUT2D eigenvalue weighted by molar-refractivity contribution is 6.46. The summed E-state index contributed by atoms with van der Waals surface area (Å²) < 4.78 is 14.6. The Bertz CT molecular complexity index is 912. The second-order valence-electron chi connectivity index (χ2n) is 6.91. The van der Waals surface area contributed by atoms with Crippen LogP contribution < -0.4 is 0 Å². The molecule has 1 aromatic carbocycles. The zero-order valence-electron chi connectivity index (χ0n) is 15.8. The molecule has 28 heavy (non-hydrogen) atoms. The number of pyridine rings is 1. The first-order chi connectivity index (χ1) is 13.4. The molecule has 1 unspecified atom stereocenters. The van der Waals surface area contributed by atoms with Crippen LogP contribution in [-0.2, 0) is 9.59 Å². The van der Waals surface area contributed by atoms with Crippen LogP contribution in [0.5, 0.6) is 0 Å². The molecule has 0 aliphatic carbocycles. The molecule has 7 heteroatoms. The average molecular weight is 383 g/mol. The monoisotopic (exact) mass is 383 g/mol. The summed E-state index contributed by atoms with van der Waals surface area (Å²) in [5, 5.41) is 10.8. The standard InChI is InChI=1S/C21H22FN3O3/c1-24(2)12-5-13-25-18(15-6-3-4-7-16(15)22)17(20(27)21(25)28)19(26)14-8-10-23-11-9-14/h3-4,6-11,18,26H,5,12-13H2,1-2H3/b19-17+. The molecular weight excluding hydrogens is 361 g/mol. The normalized spacial score (nSPS) is 18.9. The predicted octanol–water partition coefficient (Wildman–Crippen LogP) is 2.59. The topological polar surface area (TPSA) is 73.7 Å². The van der Waals surface area contributed by atoms with Gasteiger partial charge in [0.15, 0.2) is 0 Å². The van der Waals surface area contributed by atoms with Gasteiger partial charge in [-0.05, 0) is 45.3 Å². The molecule has 0 saturated carbocycles. The zero-order chi connectivity index (χ0) is 20.3. The molecule has 1 fully saturated rings. The smallest absolute Gasteiger partial charge is 0.295 e. The van der Waals surface area contributed by atoms with Crippen LogP contribution in [0.2, 0.25) is 0 Å². The van der Waals surface area contributed by atoms with Crippen molar-refractivity contribution < 1.29 is 19.1 Å². The molecule has 1 aromatic heterocycles. The highest BCUT2D eigenvalue weighted by Gasteiger charge is 2.46. The van der Waals surface area contributed by atoms with Crippen molar-refractivity contribution in [3.8, 4) is 0 Å². The van der Waals surface area contributed by atoms with Crippen molar-refractivity contribution in [2.45, 2.75) is 12.5 Å². The Balaban J connectivity index is 2.10. The summed E-state index contributed by atoms with van der Waals surface area (Å²) in [5.74, 6) is -2.41. The van der Waals surface area contributed by atoms with Gasteiger partial charge in [-0.15, -0.1) is 0 Å². The summed E-state index contributed by atoms with van der Waals surface area (Å²) in [7, 11) is 3.82. The van der Waals surface area contributed by atoms with Crippen LogP contribution in [0.3, 0.4) is 0 Å². The molecule has 1 amide bonds. The highest BCUT2D eigenvalue weighted by Crippen LogP contribution is 2.40. The minimum atomic E-state index is -0.975. The number of benzene rings is 1. The molecule has 1 aliphatic heterocycles. The van der Waals surface area contributed by atoms with Crippen molar-refractivity contribution in [2.75, 3.05) is 27.2 Å². The second-order valence-corrected chi connectivity index (χ2v) is 6.91. The lowest BCUT2D eigenvalue weighted by Crippen LogP contribution is -2.32. The van der Waals surface area contributed by atoms with E-state index in [9.17, 15) is 19.1 Å². The first-order valence-electron chi connectivity index (χ1n) is 8.99. The van der Waals surface area contributed by atoms with Gasteiger partial charge >= 0.3 is 0 Å². The van der Waals surface area contributed by atoms with E-state index < -0.39 is 23.5 Å². The van der Waals surface area contributed by atoms with E-state index in [1.165, 1.54) is 41.6 Å². The number of halogens is 1. The Morgan fingerprint density at radius 1 is 1.18 bits per heavy atom. The number of aliphatic hydroxyl groups excluding tert-OH is 1. The van der Waals surface area contributed by atoms with Crippen LogP contribution in [0.1, 0.15) is 23.6 Å². The van der Waals surface area contributed by atoms with Crippen molar-refractivity contribution in [2.24, 2.45) is 0 Å². The molecular formula is C21H22FN3O3. The molecule has 2 heterocycles.